The predicted molar refractivity (Wildman–Crippen MR) is 154 cm³/mol. The number of benzene rings is 2. The van der Waals surface area contributed by atoms with Gasteiger partial charge in [-0.25, -0.2) is 0 Å². The fourth-order valence-electron chi connectivity index (χ4n) is 4.35. The first-order valence-corrected chi connectivity index (χ1v) is 13.1. The minimum Gasteiger partial charge on any atom is -0.505 e. The molecule has 0 aliphatic carbocycles. The topological polar surface area (TPSA) is 132 Å². The second kappa shape index (κ2) is 12.7. The first-order chi connectivity index (χ1) is 19.4. The Hall–Kier alpha value is -4.99. The van der Waals surface area contributed by atoms with E-state index >= 15 is 0 Å². The summed E-state index contributed by atoms with van der Waals surface area (Å²) in [6, 6.07) is 19.1. The summed E-state index contributed by atoms with van der Waals surface area (Å²) in [4.78, 5) is 57.5. The Morgan fingerprint density at radius 3 is 2.08 bits per heavy atom. The third-order valence-corrected chi connectivity index (χ3v) is 6.49. The summed E-state index contributed by atoms with van der Waals surface area (Å²) < 4.78 is 0. The number of anilines is 3. The Morgan fingerprint density at radius 2 is 1.43 bits per heavy atom. The number of carbonyl (C=O) groups excluding carboxylic acids is 2. The van der Waals surface area contributed by atoms with Gasteiger partial charge >= 0.3 is 0 Å². The van der Waals surface area contributed by atoms with Crippen LogP contribution in [0.3, 0.4) is 0 Å². The molecule has 1 aromatic heterocycles. The normalized spacial score (nSPS) is 12.8. The molecule has 0 spiro atoms. The van der Waals surface area contributed by atoms with Crippen molar-refractivity contribution in [3.05, 3.63) is 110 Å². The summed E-state index contributed by atoms with van der Waals surface area (Å²) in [7, 11) is 0. The molecule has 206 valence electrons. The highest BCUT2D eigenvalue weighted by molar-refractivity contribution is 5.99. The first-order valence-electron chi connectivity index (χ1n) is 13.1. The molecule has 1 saturated heterocycles. The molecule has 1 fully saturated rings. The minimum atomic E-state index is -0.703. The van der Waals surface area contributed by atoms with E-state index in [1.807, 2.05) is 44.2 Å². The van der Waals surface area contributed by atoms with E-state index in [0.717, 1.165) is 5.56 Å². The van der Waals surface area contributed by atoms with Gasteiger partial charge in [-0.1, -0.05) is 56.3 Å². The van der Waals surface area contributed by atoms with Crippen LogP contribution in [0.25, 0.3) is 0 Å². The van der Waals surface area contributed by atoms with E-state index < -0.39 is 16.8 Å². The molecule has 2 amide bonds. The van der Waals surface area contributed by atoms with E-state index in [1.54, 1.807) is 40.3 Å². The molecule has 40 heavy (non-hydrogen) atoms. The Morgan fingerprint density at radius 1 is 0.800 bits per heavy atom. The molecule has 0 bridgehead atoms. The summed E-state index contributed by atoms with van der Waals surface area (Å²) >= 11 is 0. The molecule has 5 rings (SSSR count). The standard InChI is InChI=1S/C28H25N5O5.C2H6/c34-24-19(27(37)32-13-15-33(16-14-32)28(38)21-10-4-5-12-29-21)9-6-11-20(24)31-23-22(25(35)26(23)36)30-17-18-7-2-1-3-8-18;1-2/h1-12,30-31,34H,13-17H2;1-2H3. The van der Waals surface area contributed by atoms with Crippen molar-refractivity contribution < 1.29 is 14.7 Å². The van der Waals surface area contributed by atoms with Crippen molar-refractivity contribution in [2.45, 2.75) is 20.4 Å². The van der Waals surface area contributed by atoms with Crippen LogP contribution in [0.2, 0.25) is 0 Å². The zero-order valence-electron chi connectivity index (χ0n) is 22.4. The number of rotatable bonds is 7. The number of phenols is 1. The number of para-hydroxylation sites is 1. The van der Waals surface area contributed by atoms with E-state index in [1.165, 1.54) is 12.1 Å². The second-order valence-corrected chi connectivity index (χ2v) is 8.87. The molecule has 10 heteroatoms. The van der Waals surface area contributed by atoms with Crippen molar-refractivity contribution in [1.29, 1.82) is 0 Å². The summed E-state index contributed by atoms with van der Waals surface area (Å²) in [5.74, 6) is -0.925. The van der Waals surface area contributed by atoms with Crippen LogP contribution < -0.4 is 21.5 Å². The van der Waals surface area contributed by atoms with Crippen LogP contribution >= 0.6 is 0 Å². The molecule has 3 aromatic carbocycles. The lowest BCUT2D eigenvalue weighted by Crippen LogP contribution is -2.50. The Labute approximate surface area is 231 Å². The van der Waals surface area contributed by atoms with Crippen LogP contribution in [0.1, 0.15) is 40.3 Å². The van der Waals surface area contributed by atoms with Gasteiger partial charge in [0.15, 0.2) is 5.75 Å². The van der Waals surface area contributed by atoms with E-state index in [9.17, 15) is 24.3 Å². The van der Waals surface area contributed by atoms with Gasteiger partial charge < -0.3 is 25.5 Å². The largest absolute Gasteiger partial charge is 0.505 e. The van der Waals surface area contributed by atoms with Gasteiger partial charge in [0.25, 0.3) is 22.7 Å². The third kappa shape index (κ3) is 5.85. The Bertz CT molecular complexity index is 1540. The Kier molecular flexibility index (Phi) is 8.90. The number of carbonyl (C=O) groups is 2. The van der Waals surface area contributed by atoms with Crippen LogP contribution in [0.4, 0.5) is 17.1 Å². The van der Waals surface area contributed by atoms with Gasteiger partial charge in [-0.05, 0) is 29.8 Å². The van der Waals surface area contributed by atoms with Gasteiger partial charge in [0, 0.05) is 38.9 Å². The monoisotopic (exact) mass is 541 g/mol. The predicted octanol–water partition coefficient (Wildman–Crippen LogP) is 3.36. The highest BCUT2D eigenvalue weighted by Gasteiger charge is 2.28. The van der Waals surface area contributed by atoms with Crippen molar-refractivity contribution in [3.63, 3.8) is 0 Å². The van der Waals surface area contributed by atoms with Crippen LogP contribution in [0.5, 0.6) is 5.75 Å². The highest BCUT2D eigenvalue weighted by Crippen LogP contribution is 2.32. The van der Waals surface area contributed by atoms with Crippen LogP contribution in [0, 0.1) is 0 Å². The number of aromatic nitrogens is 1. The molecular formula is C30H31N5O5. The summed E-state index contributed by atoms with van der Waals surface area (Å²) in [5.41, 5.74) is 0.282. The number of nitrogens with one attached hydrogen (secondary N) is 2. The molecule has 3 N–H and O–H groups in total. The zero-order valence-corrected chi connectivity index (χ0v) is 22.4. The van der Waals surface area contributed by atoms with Gasteiger partial charge in [0.2, 0.25) is 0 Å². The fraction of sp³-hybridized carbons (Fsp3) is 0.233. The SMILES string of the molecule is CC.O=C(c1ccccn1)N1CCN(C(=O)c2cccc(Nc3c(NCc4ccccc4)c(=O)c3=O)c2O)CC1. The van der Waals surface area contributed by atoms with Crippen LogP contribution in [0.15, 0.2) is 82.5 Å². The number of pyridine rings is 1. The maximum atomic E-state index is 13.2. The summed E-state index contributed by atoms with van der Waals surface area (Å²) in [5, 5.41) is 16.7. The summed E-state index contributed by atoms with van der Waals surface area (Å²) in [6.07, 6.45) is 1.56. The van der Waals surface area contributed by atoms with E-state index in [4.69, 9.17) is 0 Å². The van der Waals surface area contributed by atoms with Gasteiger partial charge in [0.1, 0.15) is 17.1 Å². The molecule has 2 heterocycles. The molecule has 1 aliphatic heterocycles. The van der Waals surface area contributed by atoms with E-state index in [-0.39, 0.29) is 34.3 Å². The first kappa shape index (κ1) is 28.0. The number of hydrogen-bond acceptors (Lipinski definition) is 8. The van der Waals surface area contributed by atoms with E-state index in [0.29, 0.717) is 38.4 Å². The lowest BCUT2D eigenvalue weighted by Gasteiger charge is -2.34. The number of piperazine rings is 1. The molecule has 4 aromatic rings. The van der Waals surface area contributed by atoms with Crippen LogP contribution in [-0.2, 0) is 6.54 Å². The van der Waals surface area contributed by atoms with Crippen LogP contribution in [-0.4, -0.2) is 57.9 Å². The molecule has 0 saturated carbocycles. The second-order valence-electron chi connectivity index (χ2n) is 8.87. The van der Waals surface area contributed by atoms with Crippen molar-refractivity contribution >= 4 is 28.9 Å². The molecule has 0 atom stereocenters. The summed E-state index contributed by atoms with van der Waals surface area (Å²) in [6.45, 7) is 5.60. The average Bonchev–Trinajstić information content (AvgIpc) is 3.02. The number of aromatic hydroxyl groups is 1. The average molecular weight is 542 g/mol. The lowest BCUT2D eigenvalue weighted by atomic mass is 10.1. The third-order valence-electron chi connectivity index (χ3n) is 6.49. The van der Waals surface area contributed by atoms with Gasteiger partial charge in [-0.3, -0.25) is 24.2 Å². The number of hydrogen-bond donors (Lipinski definition) is 3. The number of phenolic OH excluding ortho intramolecular Hbond substituents is 1. The van der Waals surface area contributed by atoms with Crippen molar-refractivity contribution in [3.8, 4) is 5.75 Å². The zero-order chi connectivity index (χ0) is 28.6. The van der Waals surface area contributed by atoms with Crippen molar-refractivity contribution in [1.82, 2.24) is 14.8 Å². The molecule has 10 nitrogen and oxygen atoms in total. The fourth-order valence-corrected chi connectivity index (χ4v) is 4.35. The Balaban J connectivity index is 0.00000181. The molecule has 0 unspecified atom stereocenters. The maximum Gasteiger partial charge on any atom is 0.272 e. The molecule has 0 radical (unpaired) electrons. The van der Waals surface area contributed by atoms with E-state index in [2.05, 4.69) is 15.6 Å². The maximum absolute atomic E-state index is 13.2. The van der Waals surface area contributed by atoms with Crippen molar-refractivity contribution in [2.24, 2.45) is 0 Å². The quantitative estimate of drug-likeness (QED) is 0.240. The molecular weight excluding hydrogens is 510 g/mol. The number of nitrogens with zero attached hydrogens (tertiary/aromatic N) is 3. The van der Waals surface area contributed by atoms with Gasteiger partial charge in [0.05, 0.1) is 11.3 Å². The highest BCUT2D eigenvalue weighted by atomic mass is 16.3. The van der Waals surface area contributed by atoms with Crippen molar-refractivity contribution in [2.75, 3.05) is 36.8 Å². The number of amides is 2. The molecule has 1 aliphatic rings. The minimum absolute atomic E-state index is 0.0347. The van der Waals surface area contributed by atoms with Gasteiger partial charge in [-0.2, -0.15) is 0 Å². The smallest absolute Gasteiger partial charge is 0.272 e. The lowest BCUT2D eigenvalue weighted by molar-refractivity contribution is 0.0530. The van der Waals surface area contributed by atoms with Gasteiger partial charge in [-0.15, -0.1) is 0 Å².